The molecule has 2 rings (SSSR count). The molecule has 0 unspecified atom stereocenters. The maximum atomic E-state index is 4.35. The van der Waals surface area contributed by atoms with Gasteiger partial charge in [0.25, 0.3) is 0 Å². The quantitative estimate of drug-likeness (QED) is 0.0375. The first-order valence-electron chi connectivity index (χ1n) is 25.1. The third-order valence-corrected chi connectivity index (χ3v) is 11.2. The Labute approximate surface area is 398 Å². The van der Waals surface area contributed by atoms with Gasteiger partial charge in [-0.1, -0.05) is 219 Å². The fourth-order valence-electron chi connectivity index (χ4n) is 7.49. The zero-order valence-corrected chi connectivity index (χ0v) is 44.7. The van der Waals surface area contributed by atoms with Crippen LogP contribution in [0, 0.1) is 0 Å². The molecule has 0 aliphatic rings. The molecule has 0 saturated heterocycles. The molecule has 2 heterocycles. The van der Waals surface area contributed by atoms with Gasteiger partial charge in [0.15, 0.2) is 12.4 Å². The summed E-state index contributed by atoms with van der Waals surface area (Å²) >= 11 is 0. The van der Waals surface area contributed by atoms with Crippen molar-refractivity contribution in [2.24, 2.45) is 0 Å². The third-order valence-electron chi connectivity index (χ3n) is 11.2. The monoisotopic (exact) mass is 976 g/mol. The van der Waals surface area contributed by atoms with Crippen LogP contribution in [0.25, 0.3) is 0 Å². The molecule has 0 fully saturated rings. The van der Waals surface area contributed by atoms with Crippen LogP contribution < -0.4 is 4.57 Å². The fourth-order valence-corrected chi connectivity index (χ4v) is 7.49. The number of aromatic nitrogens is 2. The Balaban J connectivity index is -0.000000375. The van der Waals surface area contributed by atoms with Gasteiger partial charge in [-0.05, 0) is 44.2 Å². The molecule has 6 heteroatoms. The molecule has 0 N–H and O–H groups in total. The van der Waals surface area contributed by atoms with E-state index < -0.39 is 0 Å². The van der Waals surface area contributed by atoms with Crippen LogP contribution in [0.3, 0.4) is 0 Å². The van der Waals surface area contributed by atoms with Crippen molar-refractivity contribution in [1.29, 1.82) is 0 Å². The molecule has 0 spiro atoms. The Bertz CT molecular complexity index is 930. The van der Waals surface area contributed by atoms with Gasteiger partial charge in [-0.15, -0.1) is 46.4 Å². The van der Waals surface area contributed by atoms with Crippen LogP contribution >= 0.6 is 46.4 Å². The van der Waals surface area contributed by atoms with Crippen molar-refractivity contribution in [1.82, 2.24) is 4.98 Å². The lowest BCUT2D eigenvalue weighted by molar-refractivity contribution is -0.870. The summed E-state index contributed by atoms with van der Waals surface area (Å²) in [5, 5.41) is 0. The summed E-state index contributed by atoms with van der Waals surface area (Å²) < 4.78 is 3.41. The molecule has 0 amide bonds. The van der Waals surface area contributed by atoms with Gasteiger partial charge in [0.1, 0.15) is 6.54 Å². The van der Waals surface area contributed by atoms with Gasteiger partial charge in [-0.25, -0.2) is 4.57 Å². The zero-order chi connectivity index (χ0) is 40.9. The predicted octanol–water partition coefficient (Wildman–Crippen LogP) is 18.2. The Hall–Kier alpha value is -0.490. The lowest BCUT2D eigenvalue weighted by atomic mass is 10.0. The van der Waals surface area contributed by atoms with Crippen molar-refractivity contribution >= 4 is 46.4 Å². The molecule has 0 aliphatic carbocycles. The summed E-state index contributed by atoms with van der Waals surface area (Å²) in [6.07, 6.45) is 55.9. The third kappa shape index (κ3) is 55.5. The van der Waals surface area contributed by atoms with Crippen molar-refractivity contribution < 1.29 is 9.05 Å². The number of nitrogens with zero attached hydrogens (tertiary/aromatic N) is 3. The molecule has 350 valence electrons. The number of rotatable bonds is 37. The first-order valence-corrected chi connectivity index (χ1v) is 25.1. The van der Waals surface area contributed by atoms with Crippen molar-refractivity contribution in [2.45, 2.75) is 252 Å². The highest BCUT2D eigenvalue weighted by atomic mass is 79.9. The van der Waals surface area contributed by atoms with Gasteiger partial charge in [0.2, 0.25) is 0 Å². The summed E-state index contributed by atoms with van der Waals surface area (Å²) in [5.41, 5.74) is 1.25. The second kappa shape index (κ2) is 53.6. The Morgan fingerprint density at radius 3 is 1.08 bits per heavy atom. The van der Waals surface area contributed by atoms with E-state index >= 15 is 0 Å². The van der Waals surface area contributed by atoms with Crippen LogP contribution in [0.15, 0.2) is 55.0 Å². The number of hydrogen-bond acceptors (Lipinski definition) is 1. The number of aryl methyl sites for hydroxylation is 2. The summed E-state index contributed by atoms with van der Waals surface area (Å²) in [7, 11) is 6.88. The average molecular weight is 979 g/mol. The molecule has 0 aliphatic heterocycles. The highest BCUT2D eigenvalue weighted by Gasteiger charge is 2.05. The minimum atomic E-state index is 0. The van der Waals surface area contributed by atoms with E-state index in [0.29, 0.717) is 0 Å². The van der Waals surface area contributed by atoms with E-state index in [1.807, 2.05) is 12.3 Å². The predicted molar refractivity (Wildman–Crippen MR) is 279 cm³/mol. The first-order chi connectivity index (χ1) is 27.4. The second-order valence-electron chi connectivity index (χ2n) is 18.2. The van der Waals surface area contributed by atoms with Crippen LogP contribution in [0.4, 0.5) is 0 Å². The van der Waals surface area contributed by atoms with Crippen molar-refractivity contribution in [3.05, 3.63) is 60.7 Å². The number of quaternary nitrogens is 1. The highest BCUT2D eigenvalue weighted by molar-refractivity contribution is 8.93. The Morgan fingerprint density at radius 2 is 0.746 bits per heavy atom. The Morgan fingerprint density at radius 1 is 0.407 bits per heavy atom. The van der Waals surface area contributed by atoms with Crippen molar-refractivity contribution in [3.8, 4) is 0 Å². The molecule has 2 aromatic rings. The molecular weight excluding hydrogens is 874 g/mol. The molecule has 0 bridgehead atoms. The SMILES string of the molecule is Br.Br.CCCCCCCCCCCCCCCC[N+](C)(C)C.CCCCCCCCCCCC[n+]1ccccc1.CCCCCCCCCCCCc1ccccn1.Cl. The van der Waals surface area contributed by atoms with E-state index in [1.54, 1.807) is 0 Å². The van der Waals surface area contributed by atoms with Crippen LogP contribution in [-0.2, 0) is 13.0 Å². The van der Waals surface area contributed by atoms with Crippen LogP contribution in [-0.4, -0.2) is 37.2 Å². The first kappa shape index (κ1) is 65.1. The van der Waals surface area contributed by atoms with Crippen LogP contribution in [0.5, 0.6) is 0 Å². The summed E-state index contributed by atoms with van der Waals surface area (Å²) in [5.74, 6) is 0. The standard InChI is InChI=1S/C19H42N.C17H30N.C17H29N.2BrH.ClH/c1-5-6-7-8-9-10-11-12-13-14-15-16-17-18-19-20(2,3)4;1-2-3-4-5-6-7-8-9-10-12-15-18-16-13-11-14-17-18;1-2-3-4-5-6-7-8-9-10-11-14-17-15-12-13-16-18-17;;;/h5-19H2,1-4H3;11,13-14,16-17H,2-10,12,15H2,1H3;12-13,15-16H,2-11,14H2,1H3;3*1H/q2*+1;;;;. The molecule has 0 radical (unpaired) electrons. The number of pyridine rings is 2. The van der Waals surface area contributed by atoms with Crippen LogP contribution in [0.1, 0.15) is 245 Å². The van der Waals surface area contributed by atoms with Gasteiger partial charge in [-0.2, -0.15) is 0 Å². The number of hydrogen-bond donors (Lipinski definition) is 0. The van der Waals surface area contributed by atoms with Gasteiger partial charge in [-0.3, -0.25) is 4.98 Å². The molecular formula is C53H104Br2ClN3+2. The second-order valence-corrected chi connectivity index (χ2v) is 18.2. The molecule has 2 aromatic heterocycles. The lowest BCUT2D eigenvalue weighted by Gasteiger charge is -2.23. The summed E-state index contributed by atoms with van der Waals surface area (Å²) in [6.45, 7) is 9.37. The van der Waals surface area contributed by atoms with Crippen molar-refractivity contribution in [2.75, 3.05) is 27.7 Å². The number of halogens is 3. The summed E-state index contributed by atoms with van der Waals surface area (Å²) in [4.78, 5) is 4.35. The minimum Gasteiger partial charge on any atom is -0.331 e. The van der Waals surface area contributed by atoms with E-state index in [9.17, 15) is 0 Å². The smallest absolute Gasteiger partial charge is 0.168 e. The van der Waals surface area contributed by atoms with Crippen molar-refractivity contribution in [3.63, 3.8) is 0 Å². The van der Waals surface area contributed by atoms with Gasteiger partial charge in [0, 0.05) is 30.4 Å². The lowest BCUT2D eigenvalue weighted by Crippen LogP contribution is -2.35. The molecule has 0 atom stereocenters. The largest absolute Gasteiger partial charge is 0.331 e. The maximum absolute atomic E-state index is 4.35. The Kier molecular flexibility index (Phi) is 59.2. The zero-order valence-electron chi connectivity index (χ0n) is 40.4. The average Bonchev–Trinajstić information content (AvgIpc) is 3.20. The van der Waals surface area contributed by atoms with E-state index in [1.165, 1.54) is 237 Å². The fraction of sp³-hybridized carbons (Fsp3) is 0.811. The summed E-state index contributed by atoms with van der Waals surface area (Å²) in [6, 6.07) is 12.5. The van der Waals surface area contributed by atoms with E-state index in [2.05, 4.69) is 94.2 Å². The van der Waals surface area contributed by atoms with E-state index in [-0.39, 0.29) is 46.4 Å². The minimum absolute atomic E-state index is 0. The van der Waals surface area contributed by atoms with Gasteiger partial charge >= 0.3 is 0 Å². The number of unbranched alkanes of at least 4 members (excludes halogenated alkanes) is 31. The molecule has 3 nitrogen and oxygen atoms in total. The van der Waals surface area contributed by atoms with Crippen LogP contribution in [0.2, 0.25) is 0 Å². The van der Waals surface area contributed by atoms with Gasteiger partial charge in [0.05, 0.1) is 27.7 Å². The van der Waals surface area contributed by atoms with E-state index in [4.69, 9.17) is 0 Å². The molecule has 0 saturated carbocycles. The van der Waals surface area contributed by atoms with Gasteiger partial charge < -0.3 is 4.48 Å². The normalized spacial score (nSPS) is 10.6. The molecule has 0 aromatic carbocycles. The maximum Gasteiger partial charge on any atom is 0.168 e. The molecule has 59 heavy (non-hydrogen) atoms. The topological polar surface area (TPSA) is 16.8 Å². The van der Waals surface area contributed by atoms with E-state index in [0.717, 1.165) is 10.9 Å². The highest BCUT2D eigenvalue weighted by Crippen LogP contribution is 2.14.